The standard InChI is InChI=1S/C21H38N4O3S.HI/c1-7-22-20(23-13-10-14-28-16-17(2)3)24-15-18-11-8-9-12-19(18)29(26,27)25-21(4,5)6;/h8-9,11-12,17,25H,7,10,13-16H2,1-6H3,(H2,22,23,24);1H. The lowest BCUT2D eigenvalue weighted by Crippen LogP contribution is -2.40. The lowest BCUT2D eigenvalue weighted by molar-refractivity contribution is 0.108. The summed E-state index contributed by atoms with van der Waals surface area (Å²) in [6, 6.07) is 6.97. The van der Waals surface area contributed by atoms with Gasteiger partial charge < -0.3 is 15.4 Å². The highest BCUT2D eigenvalue weighted by Gasteiger charge is 2.24. The van der Waals surface area contributed by atoms with Gasteiger partial charge in [0, 0.05) is 31.8 Å². The number of benzene rings is 1. The second-order valence-corrected chi connectivity index (χ2v) is 10.1. The minimum absolute atomic E-state index is 0. The Morgan fingerprint density at radius 3 is 2.43 bits per heavy atom. The molecule has 0 saturated heterocycles. The van der Waals surface area contributed by atoms with Crippen LogP contribution in [0.2, 0.25) is 0 Å². The summed E-state index contributed by atoms with van der Waals surface area (Å²) in [5.74, 6) is 1.19. The molecule has 0 atom stereocenters. The second kappa shape index (κ2) is 14.2. The number of halogens is 1. The number of hydrogen-bond acceptors (Lipinski definition) is 4. The zero-order chi connectivity index (χ0) is 21.9. The van der Waals surface area contributed by atoms with Gasteiger partial charge in [0.25, 0.3) is 0 Å². The van der Waals surface area contributed by atoms with Crippen molar-refractivity contribution in [3.63, 3.8) is 0 Å². The van der Waals surface area contributed by atoms with Gasteiger partial charge in [-0.25, -0.2) is 18.1 Å². The van der Waals surface area contributed by atoms with Gasteiger partial charge in [0.2, 0.25) is 10.0 Å². The maximum absolute atomic E-state index is 12.8. The normalized spacial score (nSPS) is 12.6. The molecule has 0 aliphatic rings. The van der Waals surface area contributed by atoms with E-state index in [4.69, 9.17) is 4.74 Å². The zero-order valence-corrected chi connectivity index (χ0v) is 22.3. The first-order valence-corrected chi connectivity index (χ1v) is 11.7. The van der Waals surface area contributed by atoms with E-state index in [2.05, 4.69) is 34.2 Å². The summed E-state index contributed by atoms with van der Waals surface area (Å²) < 4.78 is 33.8. The van der Waals surface area contributed by atoms with Crippen LogP contribution in [0.3, 0.4) is 0 Å². The van der Waals surface area contributed by atoms with Crippen LogP contribution in [0.25, 0.3) is 0 Å². The molecule has 0 amide bonds. The predicted molar refractivity (Wildman–Crippen MR) is 135 cm³/mol. The van der Waals surface area contributed by atoms with Gasteiger partial charge in [0.15, 0.2) is 5.96 Å². The van der Waals surface area contributed by atoms with Gasteiger partial charge in [-0.1, -0.05) is 32.0 Å². The lowest BCUT2D eigenvalue weighted by Gasteiger charge is -2.21. The summed E-state index contributed by atoms with van der Waals surface area (Å²) in [6.45, 7) is 14.9. The van der Waals surface area contributed by atoms with Crippen molar-refractivity contribution in [1.82, 2.24) is 15.4 Å². The van der Waals surface area contributed by atoms with Crippen molar-refractivity contribution in [2.24, 2.45) is 10.9 Å². The highest BCUT2D eigenvalue weighted by molar-refractivity contribution is 14.0. The van der Waals surface area contributed by atoms with Crippen molar-refractivity contribution in [3.8, 4) is 0 Å². The molecule has 174 valence electrons. The Morgan fingerprint density at radius 2 is 1.83 bits per heavy atom. The maximum atomic E-state index is 12.8. The molecule has 0 saturated carbocycles. The zero-order valence-electron chi connectivity index (χ0n) is 19.1. The predicted octanol–water partition coefficient (Wildman–Crippen LogP) is 3.50. The molecule has 1 aromatic carbocycles. The highest BCUT2D eigenvalue weighted by atomic mass is 127. The van der Waals surface area contributed by atoms with E-state index in [0.29, 0.717) is 24.0 Å². The van der Waals surface area contributed by atoms with Crippen molar-refractivity contribution < 1.29 is 13.2 Å². The van der Waals surface area contributed by atoms with Crippen LogP contribution in [0.5, 0.6) is 0 Å². The van der Waals surface area contributed by atoms with E-state index in [1.807, 2.05) is 33.8 Å². The van der Waals surface area contributed by atoms with Crippen LogP contribution < -0.4 is 15.4 Å². The fraction of sp³-hybridized carbons (Fsp3) is 0.667. The van der Waals surface area contributed by atoms with Crippen LogP contribution in [0.4, 0.5) is 0 Å². The van der Waals surface area contributed by atoms with Crippen molar-refractivity contribution >= 4 is 40.0 Å². The summed E-state index contributed by atoms with van der Waals surface area (Å²) in [5.41, 5.74) is 0.102. The minimum atomic E-state index is -3.62. The second-order valence-electron chi connectivity index (χ2n) is 8.41. The third-order valence-corrected chi connectivity index (χ3v) is 5.52. The van der Waals surface area contributed by atoms with Gasteiger partial charge in [-0.3, -0.25) is 0 Å². The number of hydrogen-bond donors (Lipinski definition) is 3. The van der Waals surface area contributed by atoms with Crippen molar-refractivity contribution in [2.75, 3.05) is 26.3 Å². The summed E-state index contributed by atoms with van der Waals surface area (Å²) in [5, 5.41) is 6.46. The van der Waals surface area contributed by atoms with E-state index in [9.17, 15) is 8.42 Å². The Labute approximate surface area is 199 Å². The average molecular weight is 555 g/mol. The van der Waals surface area contributed by atoms with Crippen LogP contribution >= 0.6 is 24.0 Å². The van der Waals surface area contributed by atoms with Gasteiger partial charge in [0.05, 0.1) is 11.4 Å². The fourth-order valence-electron chi connectivity index (χ4n) is 2.56. The third kappa shape index (κ3) is 12.1. The molecule has 1 rings (SSSR count). The Balaban J connectivity index is 0.00000841. The van der Waals surface area contributed by atoms with Crippen molar-refractivity contribution in [2.45, 2.75) is 64.9 Å². The largest absolute Gasteiger partial charge is 0.381 e. The summed E-state index contributed by atoms with van der Waals surface area (Å²) in [6.07, 6.45) is 0.873. The van der Waals surface area contributed by atoms with Crippen LogP contribution in [-0.4, -0.2) is 46.2 Å². The van der Waals surface area contributed by atoms with Gasteiger partial charge in [-0.05, 0) is 51.7 Å². The molecule has 0 spiro atoms. The van der Waals surface area contributed by atoms with Gasteiger partial charge in [-0.2, -0.15) is 0 Å². The lowest BCUT2D eigenvalue weighted by atomic mass is 10.1. The first-order chi connectivity index (χ1) is 13.5. The van der Waals surface area contributed by atoms with Crippen LogP contribution in [0, 0.1) is 5.92 Å². The number of ether oxygens (including phenoxy) is 1. The molecule has 0 radical (unpaired) electrons. The number of nitrogens with zero attached hydrogens (tertiary/aromatic N) is 1. The van der Waals surface area contributed by atoms with Crippen LogP contribution in [0.1, 0.15) is 53.5 Å². The van der Waals surface area contributed by atoms with Crippen molar-refractivity contribution in [1.29, 1.82) is 0 Å². The van der Waals surface area contributed by atoms with E-state index < -0.39 is 15.6 Å². The number of rotatable bonds is 11. The van der Waals surface area contributed by atoms with E-state index >= 15 is 0 Å². The van der Waals surface area contributed by atoms with Gasteiger partial charge >= 0.3 is 0 Å². The molecule has 0 aliphatic heterocycles. The van der Waals surface area contributed by atoms with Crippen LogP contribution in [0.15, 0.2) is 34.2 Å². The van der Waals surface area contributed by atoms with Crippen molar-refractivity contribution in [3.05, 3.63) is 29.8 Å². The molecular formula is C21H39IN4O3S. The Hall–Kier alpha value is -0.910. The molecule has 0 unspecified atom stereocenters. The molecule has 0 aromatic heterocycles. The highest BCUT2D eigenvalue weighted by Crippen LogP contribution is 2.18. The minimum Gasteiger partial charge on any atom is -0.381 e. The number of aliphatic imine (C=N–C) groups is 1. The molecule has 1 aromatic rings. The van der Waals surface area contributed by atoms with Gasteiger partial charge in [-0.15, -0.1) is 24.0 Å². The fourth-order valence-corrected chi connectivity index (χ4v) is 4.21. The van der Waals surface area contributed by atoms with E-state index in [1.54, 1.807) is 18.2 Å². The molecule has 30 heavy (non-hydrogen) atoms. The maximum Gasteiger partial charge on any atom is 0.241 e. The van der Waals surface area contributed by atoms with E-state index in [1.165, 1.54) is 0 Å². The quantitative estimate of drug-likeness (QED) is 0.169. The number of sulfonamides is 1. The molecule has 9 heteroatoms. The summed E-state index contributed by atoms with van der Waals surface area (Å²) in [7, 11) is -3.62. The molecule has 0 aliphatic carbocycles. The third-order valence-electron chi connectivity index (χ3n) is 3.66. The van der Waals surface area contributed by atoms with Gasteiger partial charge in [0.1, 0.15) is 0 Å². The summed E-state index contributed by atoms with van der Waals surface area (Å²) >= 11 is 0. The first-order valence-electron chi connectivity index (χ1n) is 10.3. The number of guanidine groups is 1. The molecule has 0 heterocycles. The Bertz CT molecular complexity index is 747. The molecule has 0 fully saturated rings. The van der Waals surface area contributed by atoms with E-state index in [0.717, 1.165) is 26.1 Å². The smallest absolute Gasteiger partial charge is 0.241 e. The monoisotopic (exact) mass is 554 g/mol. The SMILES string of the molecule is CCNC(=NCc1ccccc1S(=O)(=O)NC(C)(C)C)NCCCOCC(C)C.I. The molecular weight excluding hydrogens is 515 g/mol. The Kier molecular flexibility index (Phi) is 13.8. The first kappa shape index (κ1) is 29.1. The van der Waals surface area contributed by atoms with Crippen LogP contribution in [-0.2, 0) is 21.3 Å². The average Bonchev–Trinajstić information content (AvgIpc) is 2.60. The molecule has 3 N–H and O–H groups in total. The Morgan fingerprint density at radius 1 is 1.17 bits per heavy atom. The molecule has 0 bridgehead atoms. The van der Waals surface area contributed by atoms with E-state index in [-0.39, 0.29) is 35.4 Å². The summed E-state index contributed by atoms with van der Waals surface area (Å²) in [4.78, 5) is 4.82. The topological polar surface area (TPSA) is 91.8 Å². The number of nitrogens with one attached hydrogen (secondary N) is 3. The molecule has 7 nitrogen and oxygen atoms in total.